The van der Waals surface area contributed by atoms with E-state index in [0.717, 1.165) is 51.0 Å². The molecule has 1 saturated heterocycles. The first-order chi connectivity index (χ1) is 15.2. The van der Waals surface area contributed by atoms with E-state index in [2.05, 4.69) is 57.4 Å². The first-order valence-electron chi connectivity index (χ1n) is 11.7. The molecule has 1 amide bonds. The molecule has 1 aromatic carbocycles. The smallest absolute Gasteiger partial charge is 0.223 e. The normalized spacial score (nSPS) is 19.3. The molecule has 162 valence electrons. The van der Waals surface area contributed by atoms with Crippen molar-refractivity contribution in [2.24, 2.45) is 11.8 Å². The first kappa shape index (κ1) is 20.3. The number of aryl methyl sites for hydroxylation is 1. The predicted molar refractivity (Wildman–Crippen MR) is 123 cm³/mol. The number of carbonyl (C=O) groups is 1. The van der Waals surface area contributed by atoms with Gasteiger partial charge in [0, 0.05) is 35.3 Å². The molecule has 2 aromatic heterocycles. The van der Waals surface area contributed by atoms with Crippen LogP contribution in [0.2, 0.25) is 0 Å². The standard InChI is InChI=1S/C26H32N4O/c1-18-21-9-2-3-10-22(21)28-24(18)17-30-15-12-19(13-16-30)25(23-11-4-5-14-27-23)29-26(31)20-7-6-8-20/h2-5,9-11,14,19-20,25,28H,6-8,12-13,15-17H2,1H3,(H,29,31)/t25-/m1/s1. The summed E-state index contributed by atoms with van der Waals surface area (Å²) in [6.45, 7) is 5.26. The molecule has 3 heterocycles. The highest BCUT2D eigenvalue weighted by molar-refractivity contribution is 5.84. The van der Waals surface area contributed by atoms with Crippen LogP contribution in [0.1, 0.15) is 55.1 Å². The van der Waals surface area contributed by atoms with E-state index in [4.69, 9.17) is 0 Å². The lowest BCUT2D eigenvalue weighted by Gasteiger charge is -2.37. The number of nitrogens with one attached hydrogen (secondary N) is 2. The number of fused-ring (bicyclic) bond motifs is 1. The molecule has 5 rings (SSSR count). The SMILES string of the molecule is Cc1c(CN2CCC([C@@H](NC(=O)C3CCC3)c3ccccn3)CC2)[nH]c2ccccc12. The molecule has 2 fully saturated rings. The monoisotopic (exact) mass is 416 g/mol. The number of hydrogen-bond acceptors (Lipinski definition) is 3. The number of aromatic nitrogens is 2. The number of pyridine rings is 1. The van der Waals surface area contributed by atoms with Crippen LogP contribution in [0.4, 0.5) is 0 Å². The number of carbonyl (C=O) groups excluding carboxylic acids is 1. The molecule has 0 bridgehead atoms. The largest absolute Gasteiger partial charge is 0.357 e. The van der Waals surface area contributed by atoms with Crippen molar-refractivity contribution < 1.29 is 4.79 Å². The van der Waals surface area contributed by atoms with Gasteiger partial charge < -0.3 is 10.3 Å². The van der Waals surface area contributed by atoms with Crippen LogP contribution >= 0.6 is 0 Å². The van der Waals surface area contributed by atoms with Crippen molar-refractivity contribution in [1.29, 1.82) is 0 Å². The fraction of sp³-hybridized carbons (Fsp3) is 0.462. The fourth-order valence-corrected chi connectivity index (χ4v) is 5.10. The van der Waals surface area contributed by atoms with E-state index in [9.17, 15) is 4.79 Å². The zero-order chi connectivity index (χ0) is 21.2. The van der Waals surface area contributed by atoms with Gasteiger partial charge in [0.05, 0.1) is 11.7 Å². The van der Waals surface area contributed by atoms with Gasteiger partial charge >= 0.3 is 0 Å². The Balaban J connectivity index is 1.25. The molecule has 1 aliphatic heterocycles. The van der Waals surface area contributed by atoms with Gasteiger partial charge in [0.15, 0.2) is 0 Å². The number of hydrogen-bond donors (Lipinski definition) is 2. The third-order valence-corrected chi connectivity index (χ3v) is 7.33. The van der Waals surface area contributed by atoms with Crippen LogP contribution < -0.4 is 5.32 Å². The highest BCUT2D eigenvalue weighted by atomic mass is 16.2. The van der Waals surface area contributed by atoms with Crippen LogP contribution in [-0.2, 0) is 11.3 Å². The molecular formula is C26H32N4O. The Bertz CT molecular complexity index is 1030. The average Bonchev–Trinajstić information content (AvgIpc) is 3.08. The zero-order valence-corrected chi connectivity index (χ0v) is 18.3. The van der Waals surface area contributed by atoms with Crippen LogP contribution in [0.15, 0.2) is 48.7 Å². The van der Waals surface area contributed by atoms with Crippen molar-refractivity contribution in [3.63, 3.8) is 0 Å². The average molecular weight is 417 g/mol. The molecule has 5 heteroatoms. The molecular weight excluding hydrogens is 384 g/mol. The molecule has 3 aromatic rings. The molecule has 0 radical (unpaired) electrons. The lowest BCUT2D eigenvalue weighted by Crippen LogP contribution is -2.43. The molecule has 2 N–H and O–H groups in total. The number of aromatic amines is 1. The van der Waals surface area contributed by atoms with E-state index in [0.29, 0.717) is 5.92 Å². The topological polar surface area (TPSA) is 61.0 Å². The van der Waals surface area contributed by atoms with Gasteiger partial charge in [-0.2, -0.15) is 0 Å². The van der Waals surface area contributed by atoms with Crippen molar-refractivity contribution in [3.05, 3.63) is 65.6 Å². The Hall–Kier alpha value is -2.66. The first-order valence-corrected chi connectivity index (χ1v) is 11.7. The lowest BCUT2D eigenvalue weighted by atomic mass is 9.83. The Kier molecular flexibility index (Phi) is 5.77. The second kappa shape index (κ2) is 8.83. The Morgan fingerprint density at radius 1 is 1.13 bits per heavy atom. The van der Waals surface area contributed by atoms with Gasteiger partial charge in [0.25, 0.3) is 0 Å². The Labute approximate surface area is 184 Å². The molecule has 1 saturated carbocycles. The molecule has 2 aliphatic rings. The number of likely N-dealkylation sites (tertiary alicyclic amines) is 1. The van der Waals surface area contributed by atoms with Gasteiger partial charge in [-0.15, -0.1) is 0 Å². The van der Waals surface area contributed by atoms with Crippen LogP contribution in [0, 0.1) is 18.8 Å². The summed E-state index contributed by atoms with van der Waals surface area (Å²) >= 11 is 0. The molecule has 1 atom stereocenters. The van der Waals surface area contributed by atoms with Crippen LogP contribution in [0.3, 0.4) is 0 Å². The van der Waals surface area contributed by atoms with Crippen LogP contribution in [0.25, 0.3) is 10.9 Å². The van der Waals surface area contributed by atoms with Crippen LogP contribution in [-0.4, -0.2) is 33.9 Å². The van der Waals surface area contributed by atoms with Crippen molar-refractivity contribution >= 4 is 16.8 Å². The summed E-state index contributed by atoms with van der Waals surface area (Å²) in [4.78, 5) is 23.5. The van der Waals surface area contributed by atoms with E-state index in [1.54, 1.807) is 0 Å². The summed E-state index contributed by atoms with van der Waals surface area (Å²) < 4.78 is 0. The van der Waals surface area contributed by atoms with Crippen molar-refractivity contribution in [1.82, 2.24) is 20.2 Å². The molecule has 0 unspecified atom stereocenters. The molecule has 1 aliphatic carbocycles. The summed E-state index contributed by atoms with van der Waals surface area (Å²) in [6, 6.07) is 14.6. The summed E-state index contributed by atoms with van der Waals surface area (Å²) in [6.07, 6.45) is 7.23. The fourth-order valence-electron chi connectivity index (χ4n) is 5.10. The second-order valence-corrected chi connectivity index (χ2v) is 9.26. The number of nitrogens with zero attached hydrogens (tertiary/aromatic N) is 2. The maximum absolute atomic E-state index is 12.7. The number of para-hydroxylation sites is 1. The summed E-state index contributed by atoms with van der Waals surface area (Å²) in [5, 5.41) is 4.69. The number of rotatable bonds is 6. The quantitative estimate of drug-likeness (QED) is 0.610. The number of benzene rings is 1. The number of amides is 1. The third-order valence-electron chi connectivity index (χ3n) is 7.33. The van der Waals surface area contributed by atoms with Gasteiger partial charge in [-0.1, -0.05) is 30.7 Å². The minimum Gasteiger partial charge on any atom is -0.357 e. The van der Waals surface area contributed by atoms with E-state index in [1.807, 2.05) is 18.3 Å². The Morgan fingerprint density at radius 2 is 1.90 bits per heavy atom. The highest BCUT2D eigenvalue weighted by Crippen LogP contribution is 2.33. The van der Waals surface area contributed by atoms with Crippen molar-refractivity contribution in [3.8, 4) is 0 Å². The summed E-state index contributed by atoms with van der Waals surface area (Å²) in [7, 11) is 0. The van der Waals surface area contributed by atoms with E-state index in [1.165, 1.54) is 28.6 Å². The van der Waals surface area contributed by atoms with Gasteiger partial charge in [0.1, 0.15) is 0 Å². The van der Waals surface area contributed by atoms with Crippen molar-refractivity contribution in [2.45, 2.75) is 51.6 Å². The summed E-state index contributed by atoms with van der Waals surface area (Å²) in [5.74, 6) is 0.855. The molecule has 5 nitrogen and oxygen atoms in total. The van der Waals surface area contributed by atoms with Gasteiger partial charge in [-0.05, 0) is 75.4 Å². The van der Waals surface area contributed by atoms with Crippen molar-refractivity contribution in [2.75, 3.05) is 13.1 Å². The van der Waals surface area contributed by atoms with Gasteiger partial charge in [-0.3, -0.25) is 14.7 Å². The lowest BCUT2D eigenvalue weighted by molar-refractivity contribution is -0.128. The minimum absolute atomic E-state index is 0.0197. The van der Waals surface area contributed by atoms with E-state index < -0.39 is 0 Å². The molecule has 0 spiro atoms. The minimum atomic E-state index is 0.0197. The maximum atomic E-state index is 12.7. The zero-order valence-electron chi connectivity index (χ0n) is 18.3. The Morgan fingerprint density at radius 3 is 2.58 bits per heavy atom. The maximum Gasteiger partial charge on any atom is 0.223 e. The third kappa shape index (κ3) is 4.24. The van der Waals surface area contributed by atoms with Gasteiger partial charge in [0.2, 0.25) is 5.91 Å². The number of piperidine rings is 1. The molecule has 31 heavy (non-hydrogen) atoms. The second-order valence-electron chi connectivity index (χ2n) is 9.26. The van der Waals surface area contributed by atoms with E-state index >= 15 is 0 Å². The predicted octanol–water partition coefficient (Wildman–Crippen LogP) is 4.74. The summed E-state index contributed by atoms with van der Waals surface area (Å²) in [5.41, 5.74) is 4.90. The van der Waals surface area contributed by atoms with Gasteiger partial charge in [-0.25, -0.2) is 0 Å². The number of H-pyrrole nitrogens is 1. The highest BCUT2D eigenvalue weighted by Gasteiger charge is 2.33. The van der Waals surface area contributed by atoms with E-state index in [-0.39, 0.29) is 17.9 Å². The van der Waals surface area contributed by atoms with Crippen LogP contribution in [0.5, 0.6) is 0 Å².